The first-order valence-electron chi connectivity index (χ1n) is 10.5. The third kappa shape index (κ3) is 2.93. The maximum atomic E-state index is 13.4. The van der Waals surface area contributed by atoms with E-state index >= 15 is 0 Å². The van der Waals surface area contributed by atoms with Crippen LogP contribution in [-0.4, -0.2) is 15.5 Å². The Balaban J connectivity index is 1.38. The topological polar surface area (TPSA) is 78.0 Å². The fourth-order valence-corrected chi connectivity index (χ4v) is 5.80. The van der Waals surface area contributed by atoms with Crippen molar-refractivity contribution < 1.29 is 9.18 Å². The standard InChI is InChI=1S/C24H24FN3O2/c1-2-15(16-5-3-4-6-17(16)23(26)29)22-19-10-14(11-20(19)22)28-12-27-21-9-13(25)7-8-18(21)24(28)30/h3-9,12,14-15,19-20,22H,2,10-11H2,1H3,(H2,26,29)/t14?,15-,19+,20+,22?/m1/s1. The number of carbonyl (C=O) groups is 1. The van der Waals surface area contributed by atoms with Crippen molar-refractivity contribution in [2.24, 2.45) is 23.5 Å². The predicted molar refractivity (Wildman–Crippen MR) is 113 cm³/mol. The van der Waals surface area contributed by atoms with Crippen LogP contribution in [0.25, 0.3) is 10.9 Å². The molecule has 0 aliphatic heterocycles. The zero-order valence-corrected chi connectivity index (χ0v) is 16.8. The van der Waals surface area contributed by atoms with Gasteiger partial charge in [-0.1, -0.05) is 25.1 Å². The van der Waals surface area contributed by atoms with Gasteiger partial charge in [-0.25, -0.2) is 9.37 Å². The number of nitrogens with zero attached hydrogens (tertiary/aromatic N) is 2. The van der Waals surface area contributed by atoms with E-state index in [2.05, 4.69) is 11.9 Å². The Morgan fingerprint density at radius 1 is 1.23 bits per heavy atom. The van der Waals surface area contributed by atoms with Gasteiger partial charge in [-0.05, 0) is 66.7 Å². The molecular weight excluding hydrogens is 381 g/mol. The van der Waals surface area contributed by atoms with E-state index in [0.29, 0.717) is 40.1 Å². The van der Waals surface area contributed by atoms with Gasteiger partial charge in [0.15, 0.2) is 0 Å². The number of hydrogen-bond acceptors (Lipinski definition) is 3. The summed E-state index contributed by atoms with van der Waals surface area (Å²) >= 11 is 0. The Kier molecular flexibility index (Phi) is 4.45. The number of aromatic nitrogens is 2. The maximum absolute atomic E-state index is 13.4. The van der Waals surface area contributed by atoms with Crippen LogP contribution in [-0.2, 0) is 0 Å². The molecule has 0 radical (unpaired) electrons. The zero-order valence-electron chi connectivity index (χ0n) is 16.8. The molecule has 0 saturated heterocycles. The Morgan fingerprint density at radius 2 is 1.97 bits per heavy atom. The highest BCUT2D eigenvalue weighted by atomic mass is 19.1. The number of benzene rings is 2. The molecular formula is C24H24FN3O2. The first-order valence-corrected chi connectivity index (χ1v) is 10.5. The first kappa shape index (κ1) is 19.0. The van der Waals surface area contributed by atoms with Crippen molar-refractivity contribution in [3.05, 3.63) is 76.1 Å². The molecule has 3 aromatic rings. The number of amides is 1. The smallest absolute Gasteiger partial charge is 0.261 e. The molecule has 2 N–H and O–H groups in total. The fraction of sp³-hybridized carbons (Fsp3) is 0.375. The lowest BCUT2D eigenvalue weighted by atomic mass is 9.84. The summed E-state index contributed by atoms with van der Waals surface area (Å²) in [6.45, 7) is 2.16. The summed E-state index contributed by atoms with van der Waals surface area (Å²) in [5, 5.41) is 0.456. The normalized spacial score (nSPS) is 24.0. The summed E-state index contributed by atoms with van der Waals surface area (Å²) in [5.41, 5.74) is 7.57. The second-order valence-corrected chi connectivity index (χ2v) is 8.61. The van der Waals surface area contributed by atoms with Gasteiger partial charge in [-0.3, -0.25) is 14.2 Å². The monoisotopic (exact) mass is 405 g/mol. The van der Waals surface area contributed by atoms with E-state index < -0.39 is 0 Å². The molecule has 154 valence electrons. The molecule has 1 amide bonds. The van der Waals surface area contributed by atoms with Gasteiger partial charge in [-0.2, -0.15) is 0 Å². The summed E-state index contributed by atoms with van der Waals surface area (Å²) in [7, 11) is 0. The molecule has 2 aliphatic rings. The highest BCUT2D eigenvalue weighted by Gasteiger charge is 2.59. The maximum Gasteiger partial charge on any atom is 0.261 e. The van der Waals surface area contributed by atoms with Crippen LogP contribution in [0.2, 0.25) is 0 Å². The van der Waals surface area contributed by atoms with Crippen molar-refractivity contribution in [3.63, 3.8) is 0 Å². The van der Waals surface area contributed by atoms with Crippen LogP contribution >= 0.6 is 0 Å². The predicted octanol–water partition coefficient (Wildman–Crippen LogP) is 4.03. The average Bonchev–Trinajstić information content (AvgIpc) is 3.20. The lowest BCUT2D eigenvalue weighted by Crippen LogP contribution is -2.25. The first-order chi connectivity index (χ1) is 14.5. The van der Waals surface area contributed by atoms with Gasteiger partial charge in [-0.15, -0.1) is 0 Å². The van der Waals surface area contributed by atoms with Crippen LogP contribution in [0.4, 0.5) is 4.39 Å². The van der Waals surface area contributed by atoms with E-state index in [9.17, 15) is 14.0 Å². The lowest BCUT2D eigenvalue weighted by molar-refractivity contribution is 0.0998. The number of rotatable bonds is 5. The van der Waals surface area contributed by atoms with Gasteiger partial charge < -0.3 is 5.73 Å². The van der Waals surface area contributed by atoms with Gasteiger partial charge in [0.2, 0.25) is 5.91 Å². The van der Waals surface area contributed by atoms with Crippen LogP contribution < -0.4 is 11.3 Å². The summed E-state index contributed by atoms with van der Waals surface area (Å²) in [6.07, 6.45) is 4.38. The number of primary amides is 1. The van der Waals surface area contributed by atoms with Crippen LogP contribution in [0.15, 0.2) is 53.6 Å². The van der Waals surface area contributed by atoms with Crippen molar-refractivity contribution >= 4 is 16.8 Å². The fourth-order valence-electron chi connectivity index (χ4n) is 5.80. The third-order valence-electron chi connectivity index (χ3n) is 7.16. The summed E-state index contributed by atoms with van der Waals surface area (Å²) in [5.74, 6) is 1.13. The van der Waals surface area contributed by atoms with Crippen LogP contribution in [0.5, 0.6) is 0 Å². The molecule has 1 heterocycles. The summed E-state index contributed by atoms with van der Waals surface area (Å²) in [6, 6.07) is 11.9. The highest BCUT2D eigenvalue weighted by Crippen LogP contribution is 2.66. The molecule has 2 aliphatic carbocycles. The molecule has 1 aromatic heterocycles. The van der Waals surface area contributed by atoms with Gasteiger partial charge in [0, 0.05) is 17.7 Å². The van der Waals surface area contributed by atoms with E-state index in [0.717, 1.165) is 24.8 Å². The third-order valence-corrected chi connectivity index (χ3v) is 7.16. The van der Waals surface area contributed by atoms with E-state index in [-0.39, 0.29) is 23.3 Å². The molecule has 2 saturated carbocycles. The summed E-state index contributed by atoms with van der Waals surface area (Å²) < 4.78 is 15.1. The van der Waals surface area contributed by atoms with Crippen LogP contribution in [0.3, 0.4) is 0 Å². The largest absolute Gasteiger partial charge is 0.366 e. The molecule has 5 rings (SSSR count). The second kappa shape index (κ2) is 7.04. The number of carbonyl (C=O) groups excluding carboxylic acids is 1. The number of hydrogen-bond donors (Lipinski definition) is 1. The van der Waals surface area contributed by atoms with E-state index in [4.69, 9.17) is 5.73 Å². The van der Waals surface area contributed by atoms with Crippen molar-refractivity contribution in [1.29, 1.82) is 0 Å². The Labute approximate surface area is 173 Å². The van der Waals surface area contributed by atoms with Gasteiger partial charge in [0.05, 0.1) is 17.2 Å². The van der Waals surface area contributed by atoms with Crippen LogP contribution in [0.1, 0.15) is 54.1 Å². The highest BCUT2D eigenvalue weighted by molar-refractivity contribution is 5.94. The number of nitrogens with two attached hydrogens (primary N) is 1. The van der Waals surface area contributed by atoms with Crippen LogP contribution in [0, 0.1) is 23.6 Å². The number of fused-ring (bicyclic) bond motifs is 2. The van der Waals surface area contributed by atoms with Gasteiger partial charge in [0.25, 0.3) is 5.56 Å². The Morgan fingerprint density at radius 3 is 2.67 bits per heavy atom. The van der Waals surface area contributed by atoms with E-state index in [1.54, 1.807) is 10.9 Å². The van der Waals surface area contributed by atoms with Gasteiger partial charge in [0.1, 0.15) is 5.82 Å². The molecule has 2 fully saturated rings. The molecule has 0 spiro atoms. The quantitative estimate of drug-likeness (QED) is 0.696. The Hall–Kier alpha value is -3.02. The molecule has 2 aromatic carbocycles. The molecule has 0 bridgehead atoms. The molecule has 5 nitrogen and oxygen atoms in total. The van der Waals surface area contributed by atoms with Crippen molar-refractivity contribution in [1.82, 2.24) is 9.55 Å². The second-order valence-electron chi connectivity index (χ2n) is 8.61. The van der Waals surface area contributed by atoms with Crippen molar-refractivity contribution in [2.75, 3.05) is 0 Å². The molecule has 0 unspecified atom stereocenters. The average molecular weight is 405 g/mol. The number of halogens is 1. The van der Waals surface area contributed by atoms with Gasteiger partial charge >= 0.3 is 0 Å². The van der Waals surface area contributed by atoms with Crippen molar-refractivity contribution in [2.45, 2.75) is 38.1 Å². The minimum Gasteiger partial charge on any atom is -0.366 e. The minimum absolute atomic E-state index is 0.103. The lowest BCUT2D eigenvalue weighted by Gasteiger charge is -2.23. The molecule has 30 heavy (non-hydrogen) atoms. The van der Waals surface area contributed by atoms with E-state index in [1.807, 2.05) is 24.3 Å². The molecule has 6 heteroatoms. The van der Waals surface area contributed by atoms with Crippen molar-refractivity contribution in [3.8, 4) is 0 Å². The molecule has 3 atom stereocenters. The van der Waals surface area contributed by atoms with E-state index in [1.165, 1.54) is 18.2 Å². The Bertz CT molecular complexity index is 1190. The minimum atomic E-state index is -0.390. The zero-order chi connectivity index (χ0) is 21.0. The SMILES string of the molecule is CC[C@H](c1ccccc1C(N)=O)C1[C@H]2CC(n3cnc4cc(F)ccc4c3=O)C[C@H]12. The summed E-state index contributed by atoms with van der Waals surface area (Å²) in [4.78, 5) is 29.1.